The van der Waals surface area contributed by atoms with E-state index in [9.17, 15) is 4.79 Å². The Morgan fingerprint density at radius 2 is 1.12 bits per heavy atom. The lowest BCUT2D eigenvalue weighted by atomic mass is 10.0. The molecule has 1 aromatic rings. The first-order chi connectivity index (χ1) is 11.7. The molecule has 0 aliphatic heterocycles. The topological polar surface area (TPSA) is 37.3 Å². The number of carbonyl (C=O) groups is 1. The first-order valence-corrected chi connectivity index (χ1v) is 10.0. The van der Waals surface area contributed by atoms with Crippen molar-refractivity contribution in [1.29, 1.82) is 0 Å². The van der Waals surface area contributed by atoms with E-state index >= 15 is 0 Å². The van der Waals surface area contributed by atoms with Gasteiger partial charge >= 0.3 is 5.97 Å². The van der Waals surface area contributed by atoms with Gasteiger partial charge in [0, 0.05) is 6.42 Å². The monoisotopic (exact) mass is 332 g/mol. The zero-order valence-electron chi connectivity index (χ0n) is 15.6. The van der Waals surface area contributed by atoms with Gasteiger partial charge in [-0.25, -0.2) is 0 Å². The Labute approximate surface area is 148 Å². The van der Waals surface area contributed by atoms with Crippen LogP contribution in [0.5, 0.6) is 0 Å². The molecule has 2 heteroatoms. The smallest absolute Gasteiger partial charge is 0.303 e. The molecular formula is C22H36O2. The van der Waals surface area contributed by atoms with Crippen molar-refractivity contribution in [1.82, 2.24) is 0 Å². The average Bonchev–Trinajstić information content (AvgIpc) is 2.58. The highest BCUT2D eigenvalue weighted by molar-refractivity contribution is 5.66. The molecule has 2 nitrogen and oxygen atoms in total. The molecule has 0 unspecified atom stereocenters. The molecule has 0 spiro atoms. The van der Waals surface area contributed by atoms with Crippen molar-refractivity contribution in [2.24, 2.45) is 0 Å². The molecule has 0 bridgehead atoms. The Kier molecular flexibility index (Phi) is 12.2. The van der Waals surface area contributed by atoms with Gasteiger partial charge in [-0.05, 0) is 43.2 Å². The number of aryl methyl sites for hydroxylation is 2. The van der Waals surface area contributed by atoms with E-state index in [1.54, 1.807) is 0 Å². The Morgan fingerprint density at radius 1 is 0.708 bits per heavy atom. The van der Waals surface area contributed by atoms with Crippen LogP contribution in [0.1, 0.15) is 95.1 Å². The molecule has 136 valence electrons. The summed E-state index contributed by atoms with van der Waals surface area (Å²) in [5.74, 6) is -0.670. The fourth-order valence-corrected chi connectivity index (χ4v) is 3.12. The van der Waals surface area contributed by atoms with E-state index in [1.165, 1.54) is 68.9 Å². The quantitative estimate of drug-likeness (QED) is 0.369. The van der Waals surface area contributed by atoms with E-state index in [0.717, 1.165) is 25.7 Å². The molecule has 0 fully saturated rings. The summed E-state index contributed by atoms with van der Waals surface area (Å²) in [5, 5.41) is 8.59. The number of aliphatic carboxylic acids is 1. The van der Waals surface area contributed by atoms with Crippen molar-refractivity contribution in [2.45, 2.75) is 96.8 Å². The lowest BCUT2D eigenvalue weighted by Crippen LogP contribution is -1.93. The van der Waals surface area contributed by atoms with Crippen molar-refractivity contribution in [3.8, 4) is 0 Å². The molecule has 1 rings (SSSR count). The summed E-state index contributed by atoms with van der Waals surface area (Å²) >= 11 is 0. The molecule has 0 aliphatic carbocycles. The maximum Gasteiger partial charge on any atom is 0.303 e. The van der Waals surface area contributed by atoms with Gasteiger partial charge in [-0.15, -0.1) is 0 Å². The second kappa shape index (κ2) is 14.1. The molecule has 0 heterocycles. The Balaban J connectivity index is 2.04. The third-order valence-electron chi connectivity index (χ3n) is 4.70. The SMILES string of the molecule is CCCCCCCCc1ccc(CCCCCCCC(=O)O)cc1. The summed E-state index contributed by atoms with van der Waals surface area (Å²) in [7, 11) is 0. The summed E-state index contributed by atoms with van der Waals surface area (Å²) in [5.41, 5.74) is 2.91. The van der Waals surface area contributed by atoms with Crippen LogP contribution in [0, 0.1) is 0 Å². The number of carboxylic acids is 1. The minimum Gasteiger partial charge on any atom is -0.481 e. The predicted octanol–water partition coefficient (Wildman–Crippen LogP) is 6.56. The van der Waals surface area contributed by atoms with Gasteiger partial charge in [0.25, 0.3) is 0 Å². The fourth-order valence-electron chi connectivity index (χ4n) is 3.12. The first kappa shape index (κ1) is 20.7. The highest BCUT2D eigenvalue weighted by Crippen LogP contribution is 2.13. The van der Waals surface area contributed by atoms with Gasteiger partial charge in [0.1, 0.15) is 0 Å². The van der Waals surface area contributed by atoms with Gasteiger partial charge in [0.2, 0.25) is 0 Å². The molecular weight excluding hydrogens is 296 g/mol. The number of benzene rings is 1. The predicted molar refractivity (Wildman–Crippen MR) is 103 cm³/mol. The van der Waals surface area contributed by atoms with E-state index in [1.807, 2.05) is 0 Å². The van der Waals surface area contributed by atoms with Gasteiger partial charge in [0.15, 0.2) is 0 Å². The fraction of sp³-hybridized carbons (Fsp3) is 0.682. The Bertz CT molecular complexity index is 422. The Hall–Kier alpha value is -1.31. The van der Waals surface area contributed by atoms with Crippen LogP contribution in [0.15, 0.2) is 24.3 Å². The van der Waals surface area contributed by atoms with Crippen molar-refractivity contribution >= 4 is 5.97 Å². The van der Waals surface area contributed by atoms with Gasteiger partial charge in [-0.2, -0.15) is 0 Å². The summed E-state index contributed by atoms with van der Waals surface area (Å²) in [6, 6.07) is 9.18. The molecule has 0 aromatic heterocycles. The van der Waals surface area contributed by atoms with Crippen molar-refractivity contribution < 1.29 is 9.90 Å². The third-order valence-corrected chi connectivity index (χ3v) is 4.70. The van der Waals surface area contributed by atoms with Gasteiger partial charge < -0.3 is 5.11 Å². The summed E-state index contributed by atoms with van der Waals surface area (Å²) in [6.07, 6.45) is 16.3. The van der Waals surface area contributed by atoms with E-state index in [4.69, 9.17) is 5.11 Å². The Morgan fingerprint density at radius 3 is 1.58 bits per heavy atom. The average molecular weight is 333 g/mol. The molecule has 1 aromatic carbocycles. The van der Waals surface area contributed by atoms with Crippen LogP contribution in [-0.2, 0) is 17.6 Å². The maximum absolute atomic E-state index is 10.4. The number of rotatable bonds is 15. The van der Waals surface area contributed by atoms with E-state index in [2.05, 4.69) is 31.2 Å². The second-order valence-electron chi connectivity index (χ2n) is 7.00. The molecule has 24 heavy (non-hydrogen) atoms. The van der Waals surface area contributed by atoms with Crippen molar-refractivity contribution in [2.75, 3.05) is 0 Å². The minimum absolute atomic E-state index is 0.320. The number of hydrogen-bond donors (Lipinski definition) is 1. The molecule has 1 N–H and O–H groups in total. The highest BCUT2D eigenvalue weighted by Gasteiger charge is 1.99. The third kappa shape index (κ3) is 11.3. The highest BCUT2D eigenvalue weighted by atomic mass is 16.4. The van der Waals surface area contributed by atoms with Crippen LogP contribution < -0.4 is 0 Å². The van der Waals surface area contributed by atoms with Crippen LogP contribution >= 0.6 is 0 Å². The lowest BCUT2D eigenvalue weighted by molar-refractivity contribution is -0.137. The molecule has 0 amide bonds. The number of hydrogen-bond acceptors (Lipinski definition) is 1. The summed E-state index contributed by atoms with van der Waals surface area (Å²) < 4.78 is 0. The first-order valence-electron chi connectivity index (χ1n) is 10.0. The minimum atomic E-state index is -0.670. The van der Waals surface area contributed by atoms with Crippen LogP contribution in [0.2, 0.25) is 0 Å². The molecule has 0 radical (unpaired) electrons. The van der Waals surface area contributed by atoms with E-state index in [-0.39, 0.29) is 0 Å². The van der Waals surface area contributed by atoms with Gasteiger partial charge in [-0.1, -0.05) is 82.6 Å². The normalized spacial score (nSPS) is 10.9. The van der Waals surface area contributed by atoms with Crippen LogP contribution in [0.4, 0.5) is 0 Å². The molecule has 0 aliphatic rings. The van der Waals surface area contributed by atoms with Crippen molar-refractivity contribution in [3.63, 3.8) is 0 Å². The second-order valence-corrected chi connectivity index (χ2v) is 7.00. The maximum atomic E-state index is 10.4. The zero-order chi connectivity index (χ0) is 17.5. The number of carboxylic acid groups (broad SMARTS) is 1. The summed E-state index contributed by atoms with van der Waals surface area (Å²) in [4.78, 5) is 10.4. The summed E-state index contributed by atoms with van der Waals surface area (Å²) in [6.45, 7) is 2.26. The van der Waals surface area contributed by atoms with E-state index in [0.29, 0.717) is 6.42 Å². The molecule has 0 atom stereocenters. The largest absolute Gasteiger partial charge is 0.481 e. The number of unbranched alkanes of at least 4 members (excludes halogenated alkanes) is 9. The van der Waals surface area contributed by atoms with E-state index < -0.39 is 5.97 Å². The van der Waals surface area contributed by atoms with Crippen LogP contribution in [-0.4, -0.2) is 11.1 Å². The molecule has 0 saturated heterocycles. The lowest BCUT2D eigenvalue weighted by Gasteiger charge is -2.05. The van der Waals surface area contributed by atoms with Crippen LogP contribution in [0.3, 0.4) is 0 Å². The zero-order valence-corrected chi connectivity index (χ0v) is 15.6. The molecule has 0 saturated carbocycles. The standard InChI is InChI=1S/C22H36O2/c1-2-3-4-5-7-10-13-20-16-18-21(19-17-20)14-11-8-6-9-12-15-22(23)24/h16-19H,2-15H2,1H3,(H,23,24). The van der Waals surface area contributed by atoms with Crippen LogP contribution in [0.25, 0.3) is 0 Å². The van der Waals surface area contributed by atoms with Crippen molar-refractivity contribution in [3.05, 3.63) is 35.4 Å². The van der Waals surface area contributed by atoms with Gasteiger partial charge in [0.05, 0.1) is 0 Å². The van der Waals surface area contributed by atoms with Gasteiger partial charge in [-0.3, -0.25) is 4.79 Å².